The molecular weight excluding hydrogens is 490 g/mol. The second-order valence-corrected chi connectivity index (χ2v) is 10.8. The highest BCUT2D eigenvalue weighted by Crippen LogP contribution is 2.44. The smallest absolute Gasteiger partial charge is 0.277 e. The van der Waals surface area contributed by atoms with E-state index < -0.39 is 29.3 Å². The highest BCUT2D eigenvalue weighted by molar-refractivity contribution is 7.17. The van der Waals surface area contributed by atoms with Crippen molar-refractivity contribution >= 4 is 40.5 Å². The molecule has 9 nitrogen and oxygen atoms in total. The van der Waals surface area contributed by atoms with Gasteiger partial charge in [0.1, 0.15) is 24.8 Å². The minimum Gasteiger partial charge on any atom is -0.366 e. The number of Topliss-reactive ketones (excluding diaryl/α,β-unsaturated/α-hetero) is 1. The number of hydrogen-bond acceptors (Lipinski definition) is 8. The molecule has 4 heterocycles. The van der Waals surface area contributed by atoms with Crippen LogP contribution in [0, 0.1) is 17.2 Å². The summed E-state index contributed by atoms with van der Waals surface area (Å²) in [4.78, 5) is 49.8. The highest BCUT2D eigenvalue weighted by atomic mass is 35.5. The first kappa shape index (κ1) is 23.9. The highest BCUT2D eigenvalue weighted by Gasteiger charge is 2.53. The number of primary amides is 1. The van der Waals surface area contributed by atoms with Gasteiger partial charge < -0.3 is 15.4 Å². The van der Waals surface area contributed by atoms with Crippen molar-refractivity contribution in [2.75, 3.05) is 13.2 Å². The summed E-state index contributed by atoms with van der Waals surface area (Å²) in [5, 5.41) is 8.97. The lowest BCUT2D eigenvalue weighted by Crippen LogP contribution is -2.45. The lowest BCUT2D eigenvalue weighted by molar-refractivity contribution is -0.139. The van der Waals surface area contributed by atoms with Gasteiger partial charge in [0.25, 0.3) is 5.91 Å². The Balaban J connectivity index is 1.62. The topological polar surface area (TPSA) is 139 Å². The van der Waals surface area contributed by atoms with Crippen LogP contribution in [-0.4, -0.2) is 63.1 Å². The van der Waals surface area contributed by atoms with Crippen molar-refractivity contribution in [1.29, 1.82) is 5.26 Å². The Labute approximate surface area is 211 Å². The van der Waals surface area contributed by atoms with Gasteiger partial charge in [-0.05, 0) is 24.8 Å². The van der Waals surface area contributed by atoms with Crippen molar-refractivity contribution in [1.82, 2.24) is 14.9 Å². The Morgan fingerprint density at radius 2 is 2.06 bits per heavy atom. The number of hydrogen-bond donors (Lipinski definition) is 1. The third-order valence-corrected chi connectivity index (χ3v) is 8.60. The summed E-state index contributed by atoms with van der Waals surface area (Å²) in [6, 6.07) is 3.02. The Bertz CT molecular complexity index is 1220. The zero-order valence-electron chi connectivity index (χ0n) is 18.9. The molecule has 11 heteroatoms. The van der Waals surface area contributed by atoms with E-state index in [-0.39, 0.29) is 35.8 Å². The standard InChI is InChI=1S/C24H24ClN5O4S/c25-15-10-30(19-16(31)11-34-20(15)19)24(33)17(13-4-2-1-3-5-13)18-21(35-23(29-18)22(27)32)14-6-12(7-26)8-28-9-14/h6,8-9,13,15,17,19-20H,1-5,10-11H2,(H2,27,32)/t15-,17-,19+,20+/m0/s1. The quantitative estimate of drug-likeness (QED) is 0.606. The minimum atomic E-state index is -0.711. The number of pyridine rings is 1. The van der Waals surface area contributed by atoms with Crippen LogP contribution >= 0.6 is 22.9 Å². The van der Waals surface area contributed by atoms with Crippen molar-refractivity contribution in [2.24, 2.45) is 11.7 Å². The fourth-order valence-corrected chi connectivity index (χ4v) is 6.80. The van der Waals surface area contributed by atoms with Crippen LogP contribution in [0.2, 0.25) is 0 Å². The van der Waals surface area contributed by atoms with E-state index in [4.69, 9.17) is 22.1 Å². The van der Waals surface area contributed by atoms with Gasteiger partial charge in [-0.3, -0.25) is 19.4 Å². The summed E-state index contributed by atoms with van der Waals surface area (Å²) in [5.41, 5.74) is 6.96. The first-order chi connectivity index (χ1) is 16.9. The number of ether oxygens (including phenoxy) is 1. The van der Waals surface area contributed by atoms with E-state index in [1.54, 1.807) is 17.2 Å². The van der Waals surface area contributed by atoms with Crippen LogP contribution in [0.4, 0.5) is 0 Å². The molecule has 2 amide bonds. The number of likely N-dealkylation sites (tertiary alicyclic amines) is 1. The molecule has 35 heavy (non-hydrogen) atoms. The van der Waals surface area contributed by atoms with E-state index >= 15 is 0 Å². The number of nitriles is 1. The van der Waals surface area contributed by atoms with Crippen molar-refractivity contribution in [3.8, 4) is 16.5 Å². The van der Waals surface area contributed by atoms with Crippen LogP contribution in [-0.2, 0) is 14.3 Å². The van der Waals surface area contributed by atoms with Gasteiger partial charge in [-0.1, -0.05) is 19.3 Å². The van der Waals surface area contributed by atoms with Crippen molar-refractivity contribution in [2.45, 2.75) is 55.5 Å². The maximum atomic E-state index is 14.2. The van der Waals surface area contributed by atoms with Crippen LogP contribution in [0.25, 0.3) is 10.4 Å². The number of thiazole rings is 1. The van der Waals surface area contributed by atoms with E-state index in [0.29, 0.717) is 21.7 Å². The number of nitrogens with two attached hydrogens (primary N) is 1. The zero-order chi connectivity index (χ0) is 24.7. The number of ketones is 1. The SMILES string of the molecule is N#Cc1cncc(-c2sc(C(N)=O)nc2[C@@H](C(=O)N2C[C@H](Cl)[C@H]3OCC(=O)[C@H]32)C2CCCCC2)c1. The molecule has 0 unspecified atom stereocenters. The second-order valence-electron chi connectivity index (χ2n) is 9.24. The van der Waals surface area contributed by atoms with Crippen molar-refractivity contribution in [3.63, 3.8) is 0 Å². The molecule has 3 fully saturated rings. The normalized spacial score (nSPS) is 25.3. The van der Waals surface area contributed by atoms with Gasteiger partial charge in [-0.15, -0.1) is 22.9 Å². The third-order valence-electron chi connectivity index (χ3n) is 7.08. The van der Waals surface area contributed by atoms with Crippen LogP contribution in [0.1, 0.15) is 59.1 Å². The maximum Gasteiger partial charge on any atom is 0.277 e. The third kappa shape index (κ3) is 4.33. The first-order valence-corrected chi connectivity index (χ1v) is 12.9. The van der Waals surface area contributed by atoms with Gasteiger partial charge in [-0.25, -0.2) is 4.98 Å². The molecule has 2 saturated heterocycles. The molecule has 2 aliphatic heterocycles. The number of alkyl halides is 1. The molecule has 2 N–H and O–H groups in total. The Kier molecular flexibility index (Phi) is 6.57. The summed E-state index contributed by atoms with van der Waals surface area (Å²) in [6.07, 6.45) is 7.21. The fraction of sp³-hybridized carbons (Fsp3) is 0.500. The monoisotopic (exact) mass is 513 g/mol. The van der Waals surface area contributed by atoms with Gasteiger partial charge in [0.15, 0.2) is 10.8 Å². The van der Waals surface area contributed by atoms with Gasteiger partial charge in [-0.2, -0.15) is 5.26 Å². The lowest BCUT2D eigenvalue weighted by atomic mass is 9.77. The van der Waals surface area contributed by atoms with Crippen LogP contribution in [0.3, 0.4) is 0 Å². The van der Waals surface area contributed by atoms with E-state index in [0.717, 1.165) is 43.4 Å². The van der Waals surface area contributed by atoms with Gasteiger partial charge in [0.05, 0.1) is 27.4 Å². The summed E-state index contributed by atoms with van der Waals surface area (Å²) in [6.45, 7) is 0.148. The summed E-state index contributed by atoms with van der Waals surface area (Å²) in [7, 11) is 0. The molecule has 5 rings (SSSR count). The summed E-state index contributed by atoms with van der Waals surface area (Å²) >= 11 is 7.56. The minimum absolute atomic E-state index is 0.0183. The second kappa shape index (κ2) is 9.64. The molecule has 182 valence electrons. The molecule has 2 aromatic rings. The number of carbonyl (C=O) groups excluding carboxylic acids is 3. The molecule has 1 aliphatic carbocycles. The predicted molar refractivity (Wildman–Crippen MR) is 128 cm³/mol. The van der Waals surface area contributed by atoms with Crippen LogP contribution in [0.5, 0.6) is 0 Å². The van der Waals surface area contributed by atoms with E-state index in [9.17, 15) is 19.6 Å². The number of carbonyl (C=O) groups is 3. The average molecular weight is 514 g/mol. The van der Waals surface area contributed by atoms with Crippen molar-refractivity contribution in [3.05, 3.63) is 34.7 Å². The maximum absolute atomic E-state index is 14.2. The zero-order valence-corrected chi connectivity index (χ0v) is 20.4. The van der Waals surface area contributed by atoms with Gasteiger partial charge in [0, 0.05) is 24.5 Å². The average Bonchev–Trinajstić information content (AvgIpc) is 3.56. The molecule has 1 saturated carbocycles. The van der Waals surface area contributed by atoms with E-state index in [1.807, 2.05) is 0 Å². The molecule has 4 atom stereocenters. The Hall–Kier alpha value is -2.87. The number of nitrogens with zero attached hydrogens (tertiary/aromatic N) is 4. The van der Waals surface area contributed by atoms with E-state index in [1.165, 1.54) is 6.20 Å². The number of fused-ring (bicyclic) bond motifs is 1. The molecule has 2 aromatic heterocycles. The molecular formula is C24H24ClN5O4S. The molecule has 0 spiro atoms. The van der Waals surface area contributed by atoms with Gasteiger partial charge >= 0.3 is 0 Å². The number of halogens is 1. The molecule has 0 aromatic carbocycles. The summed E-state index contributed by atoms with van der Waals surface area (Å²) in [5.74, 6) is -1.79. The largest absolute Gasteiger partial charge is 0.366 e. The number of amides is 2. The van der Waals surface area contributed by atoms with Gasteiger partial charge in [0.2, 0.25) is 5.91 Å². The lowest BCUT2D eigenvalue weighted by Gasteiger charge is -2.33. The Morgan fingerprint density at radius 1 is 1.29 bits per heavy atom. The predicted octanol–water partition coefficient (Wildman–Crippen LogP) is 2.63. The molecule has 0 bridgehead atoms. The fourth-order valence-electron chi connectivity index (χ4n) is 5.49. The number of aromatic nitrogens is 2. The summed E-state index contributed by atoms with van der Waals surface area (Å²) < 4.78 is 5.58. The van der Waals surface area contributed by atoms with Crippen molar-refractivity contribution < 1.29 is 19.1 Å². The first-order valence-electron chi connectivity index (χ1n) is 11.6. The molecule has 0 radical (unpaired) electrons. The number of rotatable bonds is 5. The van der Waals surface area contributed by atoms with Crippen LogP contribution < -0.4 is 5.73 Å². The molecule has 3 aliphatic rings. The van der Waals surface area contributed by atoms with Crippen LogP contribution in [0.15, 0.2) is 18.5 Å². The van der Waals surface area contributed by atoms with E-state index in [2.05, 4.69) is 16.0 Å². The Morgan fingerprint density at radius 3 is 2.77 bits per heavy atom.